The molecular weight excluding hydrogens is 409 g/mol. The largest absolute Gasteiger partial charge is 0.418 e. The van der Waals surface area contributed by atoms with Gasteiger partial charge in [-0.15, -0.1) is 0 Å². The number of nitrogens with zero attached hydrogens (tertiary/aromatic N) is 4. The van der Waals surface area contributed by atoms with Gasteiger partial charge in [-0.1, -0.05) is 30.3 Å². The first-order valence-corrected chi connectivity index (χ1v) is 8.65. The van der Waals surface area contributed by atoms with Crippen molar-refractivity contribution in [3.05, 3.63) is 65.0 Å². The summed E-state index contributed by atoms with van der Waals surface area (Å²) in [6.45, 7) is 1.86. The van der Waals surface area contributed by atoms with E-state index in [4.69, 9.17) is 4.74 Å². The minimum absolute atomic E-state index is 0.0361. The number of ether oxygens (including phenoxy) is 1. The van der Waals surface area contributed by atoms with E-state index in [1.807, 2.05) is 37.3 Å². The van der Waals surface area contributed by atoms with Gasteiger partial charge in [-0.3, -0.25) is 0 Å². The summed E-state index contributed by atoms with van der Waals surface area (Å²) in [5, 5.41) is 2.62. The maximum absolute atomic E-state index is 13.9. The van der Waals surface area contributed by atoms with Crippen LogP contribution >= 0.6 is 0 Å². The molecule has 1 N–H and O–H groups in total. The number of hydrogen-bond donors (Lipinski definition) is 1. The molecule has 0 saturated heterocycles. The average Bonchev–Trinajstić information content (AvgIpc) is 2.78. The standard InChI is InChI=1S/C19H16F5N5O/c1-9(10-7-5-4-6-8-10)29(3)18-26-17(25-2)27-19(28-18)30-16-14(23)12(21)11(20)13(22)15(16)24/h4-9H,1-3H3,(H,25,26,27,28)/t9-/m1/s1. The molecule has 1 aromatic heterocycles. The SMILES string of the molecule is CNc1nc(Oc2c(F)c(F)c(F)c(F)c2F)nc(N(C)[C@H](C)c2ccccc2)n1. The van der Waals surface area contributed by atoms with Gasteiger partial charge >= 0.3 is 6.01 Å². The summed E-state index contributed by atoms with van der Waals surface area (Å²) in [7, 11) is 3.14. The molecule has 0 fully saturated rings. The van der Waals surface area contributed by atoms with Crippen molar-refractivity contribution in [2.24, 2.45) is 0 Å². The summed E-state index contributed by atoms with van der Waals surface area (Å²) in [5.74, 6) is -12.3. The van der Waals surface area contributed by atoms with Gasteiger partial charge in [-0.2, -0.15) is 23.7 Å². The summed E-state index contributed by atoms with van der Waals surface area (Å²) >= 11 is 0. The Kier molecular flexibility index (Phi) is 5.99. The maximum Gasteiger partial charge on any atom is 0.328 e. The molecule has 0 aliphatic rings. The van der Waals surface area contributed by atoms with Crippen LogP contribution < -0.4 is 15.0 Å². The second-order valence-electron chi connectivity index (χ2n) is 6.19. The van der Waals surface area contributed by atoms with Gasteiger partial charge in [-0.05, 0) is 12.5 Å². The van der Waals surface area contributed by atoms with Crippen molar-refractivity contribution in [1.29, 1.82) is 0 Å². The number of rotatable bonds is 6. The fourth-order valence-corrected chi connectivity index (χ4v) is 2.56. The first kappa shape index (κ1) is 21.2. The molecule has 3 rings (SSSR count). The third kappa shape index (κ3) is 3.95. The van der Waals surface area contributed by atoms with E-state index in [2.05, 4.69) is 20.3 Å². The molecule has 0 unspecified atom stereocenters. The monoisotopic (exact) mass is 425 g/mol. The van der Waals surface area contributed by atoms with Crippen molar-refractivity contribution < 1.29 is 26.7 Å². The van der Waals surface area contributed by atoms with Crippen LogP contribution in [0, 0.1) is 29.1 Å². The Morgan fingerprint density at radius 1 is 0.867 bits per heavy atom. The number of nitrogens with one attached hydrogen (secondary N) is 1. The van der Waals surface area contributed by atoms with Crippen molar-refractivity contribution >= 4 is 11.9 Å². The van der Waals surface area contributed by atoms with E-state index in [1.165, 1.54) is 7.05 Å². The van der Waals surface area contributed by atoms with Crippen LogP contribution in [0.5, 0.6) is 11.8 Å². The fraction of sp³-hybridized carbons (Fsp3) is 0.211. The minimum Gasteiger partial charge on any atom is -0.418 e. The van der Waals surface area contributed by atoms with Crippen molar-refractivity contribution in [3.63, 3.8) is 0 Å². The summed E-state index contributed by atoms with van der Waals surface area (Å²) in [4.78, 5) is 13.5. The van der Waals surface area contributed by atoms with Crippen LogP contribution in [0.3, 0.4) is 0 Å². The number of anilines is 2. The molecule has 1 atom stereocenters. The molecule has 6 nitrogen and oxygen atoms in total. The lowest BCUT2D eigenvalue weighted by Crippen LogP contribution is -2.24. The van der Waals surface area contributed by atoms with Crippen LogP contribution in [0.1, 0.15) is 18.5 Å². The highest BCUT2D eigenvalue weighted by molar-refractivity contribution is 5.41. The van der Waals surface area contributed by atoms with Crippen molar-refractivity contribution in [3.8, 4) is 11.8 Å². The van der Waals surface area contributed by atoms with Gasteiger partial charge in [0, 0.05) is 14.1 Å². The molecule has 0 bridgehead atoms. The lowest BCUT2D eigenvalue weighted by Gasteiger charge is -2.25. The molecule has 0 aliphatic carbocycles. The molecule has 0 spiro atoms. The Labute approximate surface area is 168 Å². The molecule has 3 aromatic rings. The zero-order valence-corrected chi connectivity index (χ0v) is 16.1. The van der Waals surface area contributed by atoms with E-state index < -0.39 is 40.8 Å². The zero-order chi connectivity index (χ0) is 22.0. The smallest absolute Gasteiger partial charge is 0.328 e. The number of aromatic nitrogens is 3. The Bertz CT molecular complexity index is 1040. The number of hydrogen-bond acceptors (Lipinski definition) is 6. The molecule has 1 heterocycles. The van der Waals surface area contributed by atoms with Crippen LogP contribution in [0.4, 0.5) is 33.8 Å². The molecule has 158 valence electrons. The summed E-state index contributed by atoms with van der Waals surface area (Å²) < 4.78 is 72.8. The Balaban J connectivity index is 2.00. The molecule has 30 heavy (non-hydrogen) atoms. The average molecular weight is 425 g/mol. The predicted molar refractivity (Wildman–Crippen MR) is 98.9 cm³/mol. The second-order valence-corrected chi connectivity index (χ2v) is 6.19. The summed E-state index contributed by atoms with van der Waals surface area (Å²) in [6.07, 6.45) is 0. The first-order valence-electron chi connectivity index (χ1n) is 8.65. The number of benzene rings is 2. The van der Waals surface area contributed by atoms with Crippen molar-refractivity contribution in [2.45, 2.75) is 13.0 Å². The van der Waals surface area contributed by atoms with E-state index >= 15 is 0 Å². The quantitative estimate of drug-likeness (QED) is 0.354. The molecule has 0 aliphatic heterocycles. The molecule has 0 radical (unpaired) electrons. The van der Waals surface area contributed by atoms with Gasteiger partial charge in [0.25, 0.3) is 0 Å². The number of halogens is 5. The van der Waals surface area contributed by atoms with E-state index in [1.54, 1.807) is 11.9 Å². The van der Waals surface area contributed by atoms with Crippen LogP contribution in [0.25, 0.3) is 0 Å². The molecular formula is C19H16F5N5O. The van der Waals surface area contributed by atoms with Gasteiger partial charge in [0.15, 0.2) is 0 Å². The Morgan fingerprint density at radius 2 is 1.43 bits per heavy atom. The highest BCUT2D eigenvalue weighted by Gasteiger charge is 2.28. The lowest BCUT2D eigenvalue weighted by atomic mass is 10.1. The maximum atomic E-state index is 13.9. The summed E-state index contributed by atoms with van der Waals surface area (Å²) in [6, 6.07) is 8.45. The molecule has 2 aromatic carbocycles. The molecule has 0 saturated carbocycles. The molecule has 11 heteroatoms. The van der Waals surface area contributed by atoms with Gasteiger partial charge in [0.1, 0.15) is 0 Å². The van der Waals surface area contributed by atoms with E-state index in [0.717, 1.165) is 5.56 Å². The minimum atomic E-state index is -2.29. The van der Waals surface area contributed by atoms with Crippen LogP contribution in [-0.4, -0.2) is 29.0 Å². The third-order valence-corrected chi connectivity index (χ3v) is 4.37. The predicted octanol–water partition coefficient (Wildman–Crippen LogP) is 4.60. The van der Waals surface area contributed by atoms with Crippen molar-refractivity contribution in [1.82, 2.24) is 15.0 Å². The van der Waals surface area contributed by atoms with Gasteiger partial charge < -0.3 is 15.0 Å². The van der Waals surface area contributed by atoms with E-state index in [9.17, 15) is 22.0 Å². The highest BCUT2D eigenvalue weighted by atomic mass is 19.2. The van der Waals surface area contributed by atoms with Gasteiger partial charge in [0.2, 0.25) is 46.7 Å². The van der Waals surface area contributed by atoms with Crippen molar-refractivity contribution in [2.75, 3.05) is 24.3 Å². The van der Waals surface area contributed by atoms with E-state index in [-0.39, 0.29) is 17.9 Å². The third-order valence-electron chi connectivity index (χ3n) is 4.37. The Morgan fingerprint density at radius 3 is 2.00 bits per heavy atom. The van der Waals surface area contributed by atoms with Gasteiger partial charge in [-0.25, -0.2) is 13.2 Å². The van der Waals surface area contributed by atoms with E-state index in [0.29, 0.717) is 0 Å². The van der Waals surface area contributed by atoms with Crippen LogP contribution in [-0.2, 0) is 0 Å². The summed E-state index contributed by atoms with van der Waals surface area (Å²) in [5.41, 5.74) is 0.925. The van der Waals surface area contributed by atoms with Crippen LogP contribution in [0.15, 0.2) is 30.3 Å². The second kappa shape index (κ2) is 8.47. The zero-order valence-electron chi connectivity index (χ0n) is 16.1. The highest BCUT2D eigenvalue weighted by Crippen LogP contribution is 2.32. The normalized spacial score (nSPS) is 11.9. The van der Waals surface area contributed by atoms with Crippen LogP contribution in [0.2, 0.25) is 0 Å². The molecule has 0 amide bonds. The topological polar surface area (TPSA) is 63.2 Å². The van der Waals surface area contributed by atoms with Gasteiger partial charge in [0.05, 0.1) is 6.04 Å². The fourth-order valence-electron chi connectivity index (χ4n) is 2.56. The Hall–Kier alpha value is -3.50. The lowest BCUT2D eigenvalue weighted by molar-refractivity contribution is 0.322. The first-order chi connectivity index (χ1) is 14.2.